The molecule has 0 spiro atoms. The number of rotatable bonds is 7. The van der Waals surface area contributed by atoms with Crippen molar-refractivity contribution in [2.24, 2.45) is 0 Å². The van der Waals surface area contributed by atoms with Gasteiger partial charge in [-0.3, -0.25) is 4.98 Å². The Morgan fingerprint density at radius 1 is 0.867 bits per heavy atom. The SMILES string of the molecule is Cc1ccc(SCc2c(C(C)C)nc(C(C)C)c(CO)c2-c2ccc(F)cc2)cc1. The topological polar surface area (TPSA) is 33.1 Å². The maximum atomic E-state index is 13.6. The highest BCUT2D eigenvalue weighted by atomic mass is 32.2. The molecule has 3 rings (SSSR count). The van der Waals surface area contributed by atoms with Crippen molar-refractivity contribution in [3.05, 3.63) is 82.4 Å². The zero-order valence-electron chi connectivity index (χ0n) is 18.4. The first-order valence-corrected chi connectivity index (χ1v) is 11.4. The van der Waals surface area contributed by atoms with Gasteiger partial charge < -0.3 is 5.11 Å². The van der Waals surface area contributed by atoms with Crippen LogP contribution in [0.15, 0.2) is 53.4 Å². The van der Waals surface area contributed by atoms with Crippen molar-refractivity contribution in [1.29, 1.82) is 0 Å². The van der Waals surface area contributed by atoms with Crippen molar-refractivity contribution in [3.8, 4) is 11.1 Å². The Bertz CT molecular complexity index is 995. The first kappa shape index (κ1) is 22.5. The molecule has 0 saturated heterocycles. The van der Waals surface area contributed by atoms with Crippen LogP contribution >= 0.6 is 11.8 Å². The van der Waals surface area contributed by atoms with Crippen LogP contribution in [-0.2, 0) is 12.4 Å². The summed E-state index contributed by atoms with van der Waals surface area (Å²) < 4.78 is 13.6. The number of aliphatic hydroxyl groups is 1. The zero-order valence-corrected chi connectivity index (χ0v) is 19.2. The Morgan fingerprint density at radius 3 is 1.97 bits per heavy atom. The first-order chi connectivity index (χ1) is 14.3. The average molecular weight is 424 g/mol. The number of hydrogen-bond acceptors (Lipinski definition) is 3. The van der Waals surface area contributed by atoms with Gasteiger partial charge in [-0.1, -0.05) is 57.5 Å². The fraction of sp³-hybridized carbons (Fsp3) is 0.346. The number of aryl methyl sites for hydroxylation is 1. The number of hydrogen-bond donors (Lipinski definition) is 1. The van der Waals surface area contributed by atoms with Gasteiger partial charge in [0.2, 0.25) is 0 Å². The van der Waals surface area contributed by atoms with Crippen LogP contribution in [0.2, 0.25) is 0 Å². The zero-order chi connectivity index (χ0) is 21.8. The number of pyridine rings is 1. The number of aromatic nitrogens is 1. The molecule has 0 aliphatic heterocycles. The quantitative estimate of drug-likeness (QED) is 0.407. The summed E-state index contributed by atoms with van der Waals surface area (Å²) in [6, 6.07) is 15.1. The maximum Gasteiger partial charge on any atom is 0.123 e. The van der Waals surface area contributed by atoms with E-state index < -0.39 is 0 Å². The van der Waals surface area contributed by atoms with Crippen LogP contribution in [0.4, 0.5) is 4.39 Å². The Morgan fingerprint density at radius 2 is 1.43 bits per heavy atom. The van der Waals surface area contributed by atoms with E-state index in [1.165, 1.54) is 22.6 Å². The van der Waals surface area contributed by atoms with Crippen LogP contribution in [0.5, 0.6) is 0 Å². The van der Waals surface area contributed by atoms with E-state index >= 15 is 0 Å². The second-order valence-corrected chi connectivity index (χ2v) is 9.34. The molecule has 0 unspecified atom stereocenters. The Labute approximate surface area is 183 Å². The van der Waals surface area contributed by atoms with E-state index in [0.717, 1.165) is 39.4 Å². The van der Waals surface area contributed by atoms with E-state index in [9.17, 15) is 9.50 Å². The Hall–Kier alpha value is -2.17. The van der Waals surface area contributed by atoms with Crippen molar-refractivity contribution in [2.75, 3.05) is 0 Å². The number of aliphatic hydroxyl groups excluding tert-OH is 1. The highest BCUT2D eigenvalue weighted by Crippen LogP contribution is 2.39. The predicted molar refractivity (Wildman–Crippen MR) is 124 cm³/mol. The van der Waals surface area contributed by atoms with Crippen molar-refractivity contribution in [3.63, 3.8) is 0 Å². The molecule has 0 amide bonds. The molecule has 2 nitrogen and oxygen atoms in total. The minimum Gasteiger partial charge on any atom is -0.392 e. The fourth-order valence-corrected chi connectivity index (χ4v) is 4.65. The molecule has 2 aromatic carbocycles. The lowest BCUT2D eigenvalue weighted by atomic mass is 9.88. The van der Waals surface area contributed by atoms with Crippen molar-refractivity contribution >= 4 is 11.8 Å². The van der Waals surface area contributed by atoms with E-state index in [1.807, 2.05) is 0 Å². The molecule has 1 N–H and O–H groups in total. The Kier molecular flexibility index (Phi) is 7.32. The molecule has 0 aliphatic carbocycles. The summed E-state index contributed by atoms with van der Waals surface area (Å²) >= 11 is 1.76. The van der Waals surface area contributed by atoms with Gasteiger partial charge in [-0.15, -0.1) is 11.8 Å². The lowest BCUT2D eigenvalue weighted by molar-refractivity contribution is 0.279. The number of nitrogens with zero attached hydrogens (tertiary/aromatic N) is 1. The monoisotopic (exact) mass is 423 g/mol. The van der Waals surface area contributed by atoms with Crippen LogP contribution in [0.3, 0.4) is 0 Å². The number of halogens is 1. The minimum absolute atomic E-state index is 0.0895. The molecule has 0 fully saturated rings. The van der Waals surface area contributed by atoms with Crippen LogP contribution in [-0.4, -0.2) is 10.1 Å². The lowest BCUT2D eigenvalue weighted by Gasteiger charge is -2.24. The highest BCUT2D eigenvalue weighted by Gasteiger charge is 2.23. The summed E-state index contributed by atoms with van der Waals surface area (Å²) in [7, 11) is 0. The first-order valence-electron chi connectivity index (χ1n) is 10.4. The molecular weight excluding hydrogens is 393 g/mol. The molecule has 0 saturated carbocycles. The summed E-state index contributed by atoms with van der Waals surface area (Å²) in [6.07, 6.45) is 0. The van der Waals surface area contributed by atoms with Gasteiger partial charge in [0.05, 0.1) is 6.61 Å². The van der Waals surface area contributed by atoms with Gasteiger partial charge in [0, 0.05) is 27.6 Å². The smallest absolute Gasteiger partial charge is 0.123 e. The molecule has 4 heteroatoms. The summed E-state index contributed by atoms with van der Waals surface area (Å²) in [5.41, 5.74) is 7.10. The average Bonchev–Trinajstić information content (AvgIpc) is 2.72. The van der Waals surface area contributed by atoms with Gasteiger partial charge in [0.25, 0.3) is 0 Å². The largest absolute Gasteiger partial charge is 0.392 e. The van der Waals surface area contributed by atoms with Crippen LogP contribution in [0.25, 0.3) is 11.1 Å². The number of benzene rings is 2. The van der Waals surface area contributed by atoms with Crippen LogP contribution in [0, 0.1) is 12.7 Å². The lowest BCUT2D eigenvalue weighted by Crippen LogP contribution is -2.12. The fourth-order valence-electron chi connectivity index (χ4n) is 3.72. The van der Waals surface area contributed by atoms with E-state index in [-0.39, 0.29) is 24.3 Å². The van der Waals surface area contributed by atoms with Gasteiger partial charge in [0.15, 0.2) is 0 Å². The molecule has 1 aromatic heterocycles. The molecule has 0 bridgehead atoms. The molecular formula is C26H30FNOS. The van der Waals surface area contributed by atoms with Gasteiger partial charge in [-0.2, -0.15) is 0 Å². The van der Waals surface area contributed by atoms with E-state index in [0.29, 0.717) is 0 Å². The third kappa shape index (κ3) is 4.93. The second kappa shape index (κ2) is 9.76. The molecule has 1 heterocycles. The van der Waals surface area contributed by atoms with E-state index in [1.54, 1.807) is 23.9 Å². The molecule has 0 aliphatic rings. The van der Waals surface area contributed by atoms with Crippen molar-refractivity contribution in [1.82, 2.24) is 4.98 Å². The predicted octanol–water partition coefficient (Wildman–Crippen LogP) is 7.23. The molecule has 0 radical (unpaired) electrons. The van der Waals surface area contributed by atoms with Gasteiger partial charge in [-0.05, 0) is 59.7 Å². The third-order valence-corrected chi connectivity index (χ3v) is 6.29. The molecule has 0 atom stereocenters. The minimum atomic E-state index is -0.262. The van der Waals surface area contributed by atoms with Crippen LogP contribution in [0.1, 0.15) is 67.6 Å². The van der Waals surface area contributed by atoms with Crippen molar-refractivity contribution < 1.29 is 9.50 Å². The van der Waals surface area contributed by atoms with Gasteiger partial charge in [0.1, 0.15) is 5.82 Å². The summed E-state index contributed by atoms with van der Waals surface area (Å²) in [6.45, 7) is 10.5. The van der Waals surface area contributed by atoms with E-state index in [4.69, 9.17) is 4.98 Å². The highest BCUT2D eigenvalue weighted by molar-refractivity contribution is 7.98. The molecule has 30 heavy (non-hydrogen) atoms. The van der Waals surface area contributed by atoms with Crippen molar-refractivity contribution in [2.45, 2.75) is 63.7 Å². The second-order valence-electron chi connectivity index (χ2n) is 8.29. The molecule has 158 valence electrons. The van der Waals surface area contributed by atoms with Gasteiger partial charge >= 0.3 is 0 Å². The Balaban J connectivity index is 2.20. The van der Waals surface area contributed by atoms with E-state index in [2.05, 4.69) is 58.9 Å². The summed E-state index contributed by atoms with van der Waals surface area (Å²) in [5.74, 6) is 0.898. The molecule has 3 aromatic rings. The third-order valence-electron chi connectivity index (χ3n) is 5.25. The summed E-state index contributed by atoms with van der Waals surface area (Å²) in [4.78, 5) is 6.22. The van der Waals surface area contributed by atoms with Gasteiger partial charge in [-0.25, -0.2) is 4.39 Å². The maximum absolute atomic E-state index is 13.6. The normalized spacial score (nSPS) is 11.5. The summed E-state index contributed by atoms with van der Waals surface area (Å²) in [5, 5.41) is 10.3. The van der Waals surface area contributed by atoms with Crippen LogP contribution < -0.4 is 0 Å². The standard InChI is InChI=1S/C26H30FNOS/c1-16(2)25-22(14-29)24(19-8-10-20(27)11-9-19)23(26(28-25)17(3)4)15-30-21-12-6-18(5)7-13-21/h6-13,16-17,29H,14-15H2,1-5H3. The number of thioether (sulfide) groups is 1.